The fourth-order valence-electron chi connectivity index (χ4n) is 3.16. The van der Waals surface area contributed by atoms with Gasteiger partial charge in [-0.25, -0.2) is 0 Å². The van der Waals surface area contributed by atoms with Gasteiger partial charge in [0.25, 0.3) is 0 Å². The van der Waals surface area contributed by atoms with Gasteiger partial charge < -0.3 is 15.2 Å². The summed E-state index contributed by atoms with van der Waals surface area (Å²) in [6.07, 6.45) is 7.12. The van der Waals surface area contributed by atoms with Gasteiger partial charge in [0.1, 0.15) is 12.4 Å². The zero-order valence-corrected chi connectivity index (χ0v) is 11.4. The molecule has 3 nitrogen and oxygen atoms in total. The van der Waals surface area contributed by atoms with Crippen molar-refractivity contribution in [3.63, 3.8) is 0 Å². The Bertz CT molecular complexity index is 429. The van der Waals surface area contributed by atoms with Crippen LogP contribution in [0, 0.1) is 0 Å². The molecule has 19 heavy (non-hydrogen) atoms. The van der Waals surface area contributed by atoms with Gasteiger partial charge in [0.05, 0.1) is 11.6 Å². The van der Waals surface area contributed by atoms with E-state index < -0.39 is 0 Å². The normalized spacial score (nSPS) is 29.8. The van der Waals surface area contributed by atoms with Gasteiger partial charge in [-0.3, -0.25) is 0 Å². The first-order valence-corrected chi connectivity index (χ1v) is 7.36. The molecule has 1 saturated heterocycles. The van der Waals surface area contributed by atoms with Crippen molar-refractivity contribution in [2.24, 2.45) is 5.73 Å². The predicted octanol–water partition coefficient (Wildman–Crippen LogP) is 2.67. The van der Waals surface area contributed by atoms with Gasteiger partial charge in [-0.2, -0.15) is 0 Å². The third-order valence-corrected chi connectivity index (χ3v) is 4.26. The summed E-state index contributed by atoms with van der Waals surface area (Å²) < 4.78 is 11.5. The third-order valence-electron chi connectivity index (χ3n) is 4.26. The van der Waals surface area contributed by atoms with Crippen LogP contribution in [0.3, 0.4) is 0 Å². The molecule has 104 valence electrons. The van der Waals surface area contributed by atoms with E-state index >= 15 is 0 Å². The van der Waals surface area contributed by atoms with E-state index in [4.69, 9.17) is 15.2 Å². The molecule has 3 rings (SSSR count). The lowest BCUT2D eigenvalue weighted by molar-refractivity contribution is 0.0970. The van der Waals surface area contributed by atoms with Crippen molar-refractivity contribution in [1.82, 2.24) is 0 Å². The van der Waals surface area contributed by atoms with Gasteiger partial charge in [0.15, 0.2) is 0 Å². The average molecular weight is 261 g/mol. The number of fused-ring (bicyclic) bond motifs is 1. The van der Waals surface area contributed by atoms with Crippen LogP contribution < -0.4 is 10.5 Å². The SMILES string of the molecule is NC1(CCCC2CCCO2)COc2ccccc2C1. The third kappa shape index (κ3) is 3.10. The van der Waals surface area contributed by atoms with Crippen LogP contribution in [0.2, 0.25) is 0 Å². The Morgan fingerprint density at radius 3 is 3.05 bits per heavy atom. The summed E-state index contributed by atoms with van der Waals surface area (Å²) in [5, 5.41) is 0. The van der Waals surface area contributed by atoms with Crippen LogP contribution in [0.1, 0.15) is 37.7 Å². The molecule has 2 aliphatic rings. The van der Waals surface area contributed by atoms with E-state index in [1.165, 1.54) is 18.4 Å². The summed E-state index contributed by atoms with van der Waals surface area (Å²) in [6.45, 7) is 1.57. The van der Waals surface area contributed by atoms with Crippen molar-refractivity contribution in [1.29, 1.82) is 0 Å². The van der Waals surface area contributed by atoms with E-state index in [0.717, 1.165) is 38.0 Å². The Morgan fingerprint density at radius 2 is 2.21 bits per heavy atom. The van der Waals surface area contributed by atoms with Crippen LogP contribution in [0.15, 0.2) is 24.3 Å². The zero-order valence-electron chi connectivity index (χ0n) is 11.4. The minimum Gasteiger partial charge on any atom is -0.491 e. The minimum atomic E-state index is -0.201. The molecule has 2 aliphatic heterocycles. The van der Waals surface area contributed by atoms with Crippen molar-refractivity contribution >= 4 is 0 Å². The standard InChI is InChI=1S/C16H23NO2/c17-16(9-3-6-14-7-4-10-18-14)11-13-5-1-2-8-15(13)19-12-16/h1-2,5,8,14H,3-4,6-7,9-12,17H2. The second kappa shape index (κ2) is 5.51. The predicted molar refractivity (Wildman–Crippen MR) is 75.4 cm³/mol. The first-order valence-electron chi connectivity index (χ1n) is 7.36. The van der Waals surface area contributed by atoms with E-state index in [9.17, 15) is 0 Å². The summed E-state index contributed by atoms with van der Waals surface area (Å²) >= 11 is 0. The summed E-state index contributed by atoms with van der Waals surface area (Å²) in [5.41, 5.74) is 7.54. The lowest BCUT2D eigenvalue weighted by atomic mass is 9.85. The molecule has 0 aliphatic carbocycles. The lowest BCUT2D eigenvalue weighted by Crippen LogP contribution is -2.50. The van der Waals surface area contributed by atoms with Gasteiger partial charge in [-0.1, -0.05) is 18.2 Å². The van der Waals surface area contributed by atoms with Crippen LogP contribution in [-0.4, -0.2) is 24.9 Å². The second-order valence-corrected chi connectivity index (χ2v) is 5.96. The first-order chi connectivity index (χ1) is 9.25. The molecule has 0 amide bonds. The number of hydrogen-bond donors (Lipinski definition) is 1. The number of nitrogens with two attached hydrogens (primary N) is 1. The fraction of sp³-hybridized carbons (Fsp3) is 0.625. The molecule has 2 atom stereocenters. The lowest BCUT2D eigenvalue weighted by Gasteiger charge is -2.35. The molecule has 0 bridgehead atoms. The zero-order chi connectivity index (χ0) is 13.1. The Labute approximate surface area is 115 Å². The first kappa shape index (κ1) is 12.9. The maximum Gasteiger partial charge on any atom is 0.122 e. The molecular weight excluding hydrogens is 238 g/mol. The van der Waals surface area contributed by atoms with Gasteiger partial charge >= 0.3 is 0 Å². The maximum atomic E-state index is 6.49. The molecule has 1 fully saturated rings. The van der Waals surface area contributed by atoms with E-state index in [0.29, 0.717) is 12.7 Å². The van der Waals surface area contributed by atoms with E-state index in [2.05, 4.69) is 12.1 Å². The maximum absolute atomic E-state index is 6.49. The Morgan fingerprint density at radius 1 is 1.32 bits per heavy atom. The molecule has 1 aromatic rings. The molecule has 0 saturated carbocycles. The number of rotatable bonds is 4. The second-order valence-electron chi connectivity index (χ2n) is 5.96. The molecule has 2 heterocycles. The van der Waals surface area contributed by atoms with E-state index in [-0.39, 0.29) is 5.54 Å². The molecule has 2 N–H and O–H groups in total. The molecule has 1 aromatic carbocycles. The molecule has 0 radical (unpaired) electrons. The van der Waals surface area contributed by atoms with E-state index in [1.807, 2.05) is 12.1 Å². The highest BCUT2D eigenvalue weighted by atomic mass is 16.5. The monoisotopic (exact) mass is 261 g/mol. The highest BCUT2D eigenvalue weighted by molar-refractivity contribution is 5.36. The summed E-state index contributed by atoms with van der Waals surface area (Å²) in [5.74, 6) is 1.00. The van der Waals surface area contributed by atoms with Crippen LogP contribution in [0.4, 0.5) is 0 Å². The highest BCUT2D eigenvalue weighted by Crippen LogP contribution is 2.31. The Hall–Kier alpha value is -1.06. The molecule has 0 spiro atoms. The minimum absolute atomic E-state index is 0.201. The van der Waals surface area contributed by atoms with Gasteiger partial charge in [0, 0.05) is 6.61 Å². The van der Waals surface area contributed by atoms with Gasteiger partial charge in [-0.05, 0) is 50.2 Å². The van der Waals surface area contributed by atoms with Crippen molar-refractivity contribution < 1.29 is 9.47 Å². The highest BCUT2D eigenvalue weighted by Gasteiger charge is 2.31. The number of hydrogen-bond acceptors (Lipinski definition) is 3. The van der Waals surface area contributed by atoms with Crippen molar-refractivity contribution in [2.75, 3.05) is 13.2 Å². The number of ether oxygens (including phenoxy) is 2. The van der Waals surface area contributed by atoms with Crippen LogP contribution >= 0.6 is 0 Å². The summed E-state index contributed by atoms with van der Waals surface area (Å²) in [4.78, 5) is 0. The average Bonchev–Trinajstić information content (AvgIpc) is 2.91. The number of para-hydroxylation sites is 1. The summed E-state index contributed by atoms with van der Waals surface area (Å²) in [6, 6.07) is 8.22. The van der Waals surface area contributed by atoms with Crippen LogP contribution in [-0.2, 0) is 11.2 Å². The Kier molecular flexibility index (Phi) is 3.76. The van der Waals surface area contributed by atoms with Crippen LogP contribution in [0.25, 0.3) is 0 Å². The van der Waals surface area contributed by atoms with Crippen molar-refractivity contribution in [3.05, 3.63) is 29.8 Å². The topological polar surface area (TPSA) is 44.5 Å². The van der Waals surface area contributed by atoms with Crippen molar-refractivity contribution in [3.8, 4) is 5.75 Å². The van der Waals surface area contributed by atoms with Crippen LogP contribution in [0.5, 0.6) is 5.75 Å². The van der Waals surface area contributed by atoms with Gasteiger partial charge in [-0.15, -0.1) is 0 Å². The van der Waals surface area contributed by atoms with Gasteiger partial charge in [0.2, 0.25) is 0 Å². The smallest absolute Gasteiger partial charge is 0.122 e. The summed E-state index contributed by atoms with van der Waals surface area (Å²) in [7, 11) is 0. The molecule has 3 heteroatoms. The number of benzene rings is 1. The quantitative estimate of drug-likeness (QED) is 0.906. The molecule has 2 unspecified atom stereocenters. The Balaban J connectivity index is 1.53. The van der Waals surface area contributed by atoms with E-state index in [1.54, 1.807) is 0 Å². The molecule has 0 aromatic heterocycles. The largest absolute Gasteiger partial charge is 0.491 e. The fourth-order valence-corrected chi connectivity index (χ4v) is 3.16. The van der Waals surface area contributed by atoms with Crippen molar-refractivity contribution in [2.45, 2.75) is 50.2 Å². The molecular formula is C16H23NO2.